The van der Waals surface area contributed by atoms with E-state index in [0.29, 0.717) is 5.75 Å². The Hall–Kier alpha value is -1.51. The van der Waals surface area contributed by atoms with Gasteiger partial charge in [-0.15, -0.1) is 0 Å². The van der Waals surface area contributed by atoms with Gasteiger partial charge in [-0.3, -0.25) is 0 Å². The summed E-state index contributed by atoms with van der Waals surface area (Å²) in [5.41, 5.74) is 2.36. The van der Waals surface area contributed by atoms with Gasteiger partial charge in [0.1, 0.15) is 5.75 Å². The van der Waals surface area contributed by atoms with Crippen molar-refractivity contribution in [3.63, 3.8) is 0 Å². The molecular weight excluding hydrogens is 238 g/mol. The van der Waals surface area contributed by atoms with Crippen LogP contribution >= 0.6 is 0 Å². The van der Waals surface area contributed by atoms with Crippen LogP contribution in [0.25, 0.3) is 0 Å². The summed E-state index contributed by atoms with van der Waals surface area (Å²) in [5.74, 6) is 0.594. The van der Waals surface area contributed by atoms with Crippen LogP contribution in [0, 0.1) is 0 Å². The van der Waals surface area contributed by atoms with E-state index in [0.717, 1.165) is 0 Å². The second-order valence-electron chi connectivity index (χ2n) is 6.89. The fourth-order valence-electron chi connectivity index (χ4n) is 1.68. The van der Waals surface area contributed by atoms with Crippen LogP contribution in [0.15, 0.2) is 18.2 Å². The summed E-state index contributed by atoms with van der Waals surface area (Å²) < 4.78 is 5.29. The van der Waals surface area contributed by atoms with Crippen LogP contribution in [0.4, 0.5) is 4.79 Å². The lowest BCUT2D eigenvalue weighted by Gasteiger charge is -2.25. The lowest BCUT2D eigenvalue weighted by atomic mass is 9.80. The van der Waals surface area contributed by atoms with Crippen molar-refractivity contribution in [3.8, 4) is 5.75 Å². The molecule has 1 aromatic carbocycles. The van der Waals surface area contributed by atoms with Crippen molar-refractivity contribution in [2.24, 2.45) is 0 Å². The van der Waals surface area contributed by atoms with Gasteiger partial charge in [0, 0.05) is 7.05 Å². The topological polar surface area (TPSA) is 38.3 Å². The maximum atomic E-state index is 11.4. The van der Waals surface area contributed by atoms with Crippen LogP contribution in [0.5, 0.6) is 5.75 Å². The van der Waals surface area contributed by atoms with Gasteiger partial charge < -0.3 is 10.1 Å². The van der Waals surface area contributed by atoms with Crippen molar-refractivity contribution in [1.82, 2.24) is 5.32 Å². The number of ether oxygens (including phenoxy) is 1. The highest BCUT2D eigenvalue weighted by molar-refractivity contribution is 5.70. The number of rotatable bonds is 1. The average Bonchev–Trinajstić information content (AvgIpc) is 2.26. The van der Waals surface area contributed by atoms with Crippen molar-refractivity contribution in [1.29, 1.82) is 0 Å². The van der Waals surface area contributed by atoms with Crippen molar-refractivity contribution >= 4 is 6.09 Å². The predicted octanol–water partition coefficient (Wildman–Crippen LogP) is 4.00. The first-order chi connectivity index (χ1) is 8.54. The highest BCUT2D eigenvalue weighted by Crippen LogP contribution is 2.32. The molecule has 0 aliphatic heterocycles. The maximum Gasteiger partial charge on any atom is 0.412 e. The third-order valence-corrected chi connectivity index (χ3v) is 3.05. The largest absolute Gasteiger partial charge is 0.412 e. The van der Waals surface area contributed by atoms with E-state index < -0.39 is 6.09 Å². The first kappa shape index (κ1) is 15.5. The third kappa shape index (κ3) is 4.27. The van der Waals surface area contributed by atoms with Crippen molar-refractivity contribution in [2.75, 3.05) is 7.05 Å². The molecule has 0 saturated heterocycles. The number of carbonyl (C=O) groups is 1. The Kier molecular flexibility index (Phi) is 4.28. The molecule has 1 rings (SSSR count). The number of hydrogen-bond acceptors (Lipinski definition) is 2. The molecule has 0 aliphatic carbocycles. The molecule has 0 bridgehead atoms. The average molecular weight is 263 g/mol. The summed E-state index contributed by atoms with van der Waals surface area (Å²) in [4.78, 5) is 11.4. The van der Waals surface area contributed by atoms with Crippen LogP contribution in [0.3, 0.4) is 0 Å². The predicted molar refractivity (Wildman–Crippen MR) is 78.9 cm³/mol. The first-order valence-electron chi connectivity index (χ1n) is 6.59. The molecule has 0 aromatic heterocycles. The fourth-order valence-corrected chi connectivity index (χ4v) is 1.68. The molecule has 3 nitrogen and oxygen atoms in total. The Morgan fingerprint density at radius 1 is 0.947 bits per heavy atom. The van der Waals surface area contributed by atoms with Gasteiger partial charge in [0.05, 0.1) is 0 Å². The number of amides is 1. The Bertz CT molecular complexity index is 432. The van der Waals surface area contributed by atoms with Crippen molar-refractivity contribution in [3.05, 3.63) is 29.3 Å². The molecule has 3 heteroatoms. The smallest absolute Gasteiger partial charge is 0.410 e. The van der Waals surface area contributed by atoms with Crippen LogP contribution in [0.1, 0.15) is 52.7 Å². The Labute approximate surface area is 116 Å². The summed E-state index contributed by atoms with van der Waals surface area (Å²) in [6.07, 6.45) is -0.439. The van der Waals surface area contributed by atoms with Gasteiger partial charge in [0.15, 0.2) is 0 Å². The number of benzene rings is 1. The number of carbonyl (C=O) groups excluding carboxylic acids is 1. The second-order valence-corrected chi connectivity index (χ2v) is 6.89. The molecule has 0 spiro atoms. The standard InChI is InChI=1S/C16H25NO2/c1-15(2,3)11-8-12(16(4,5)6)10-13(9-11)19-14(18)17-7/h8-10H,1-7H3,(H,17,18). The molecule has 0 fully saturated rings. The van der Waals surface area contributed by atoms with E-state index in [2.05, 4.69) is 52.9 Å². The van der Waals surface area contributed by atoms with Gasteiger partial charge >= 0.3 is 6.09 Å². The molecule has 0 atom stereocenters. The van der Waals surface area contributed by atoms with Crippen LogP contribution in [0.2, 0.25) is 0 Å². The normalized spacial score (nSPS) is 12.2. The van der Waals surface area contributed by atoms with Gasteiger partial charge in [0.25, 0.3) is 0 Å². The minimum absolute atomic E-state index is 0.0159. The van der Waals surface area contributed by atoms with E-state index >= 15 is 0 Å². The highest BCUT2D eigenvalue weighted by atomic mass is 16.5. The fraction of sp³-hybridized carbons (Fsp3) is 0.562. The maximum absolute atomic E-state index is 11.4. The monoisotopic (exact) mass is 263 g/mol. The highest BCUT2D eigenvalue weighted by Gasteiger charge is 2.21. The van der Waals surface area contributed by atoms with E-state index in [4.69, 9.17) is 4.74 Å². The van der Waals surface area contributed by atoms with Gasteiger partial charge in [0.2, 0.25) is 0 Å². The van der Waals surface area contributed by atoms with Crippen molar-refractivity contribution < 1.29 is 9.53 Å². The summed E-state index contributed by atoms with van der Waals surface area (Å²) in [5, 5.41) is 2.47. The molecule has 1 N–H and O–H groups in total. The van der Waals surface area contributed by atoms with Gasteiger partial charge in [-0.25, -0.2) is 4.79 Å². The minimum atomic E-state index is -0.439. The Morgan fingerprint density at radius 3 is 1.68 bits per heavy atom. The SMILES string of the molecule is CNC(=O)Oc1cc(C(C)(C)C)cc(C(C)(C)C)c1. The lowest BCUT2D eigenvalue weighted by molar-refractivity contribution is 0.202. The first-order valence-corrected chi connectivity index (χ1v) is 6.59. The zero-order valence-corrected chi connectivity index (χ0v) is 13.0. The van der Waals surface area contributed by atoms with Gasteiger partial charge in [-0.2, -0.15) is 0 Å². The van der Waals surface area contributed by atoms with Gasteiger partial charge in [-0.1, -0.05) is 47.6 Å². The molecule has 0 radical (unpaired) electrons. The summed E-state index contributed by atoms with van der Waals surface area (Å²) in [7, 11) is 1.56. The van der Waals surface area contributed by atoms with Crippen LogP contribution in [-0.2, 0) is 10.8 Å². The van der Waals surface area contributed by atoms with Crippen LogP contribution in [-0.4, -0.2) is 13.1 Å². The van der Waals surface area contributed by atoms with Gasteiger partial charge in [-0.05, 0) is 34.1 Å². The zero-order chi connectivity index (χ0) is 14.8. The van der Waals surface area contributed by atoms with E-state index in [9.17, 15) is 4.79 Å². The van der Waals surface area contributed by atoms with Crippen molar-refractivity contribution in [2.45, 2.75) is 52.4 Å². The number of hydrogen-bond donors (Lipinski definition) is 1. The van der Waals surface area contributed by atoms with E-state index in [1.54, 1.807) is 7.05 Å². The zero-order valence-electron chi connectivity index (χ0n) is 13.0. The lowest BCUT2D eigenvalue weighted by Crippen LogP contribution is -2.23. The van der Waals surface area contributed by atoms with E-state index in [-0.39, 0.29) is 10.8 Å². The molecule has 1 aromatic rings. The molecule has 0 saturated carbocycles. The molecule has 106 valence electrons. The molecule has 19 heavy (non-hydrogen) atoms. The molecule has 0 aliphatic rings. The molecular formula is C16H25NO2. The quantitative estimate of drug-likeness (QED) is 0.831. The second kappa shape index (κ2) is 5.24. The summed E-state index contributed by atoms with van der Waals surface area (Å²) in [6.45, 7) is 12.9. The third-order valence-electron chi connectivity index (χ3n) is 3.05. The summed E-state index contributed by atoms with van der Waals surface area (Å²) in [6, 6.07) is 6.06. The Balaban J connectivity index is 3.29. The van der Waals surface area contributed by atoms with E-state index in [1.165, 1.54) is 11.1 Å². The number of nitrogens with one attached hydrogen (secondary N) is 1. The van der Waals surface area contributed by atoms with E-state index in [1.807, 2.05) is 12.1 Å². The molecule has 1 amide bonds. The molecule has 0 unspecified atom stereocenters. The van der Waals surface area contributed by atoms with Crippen LogP contribution < -0.4 is 10.1 Å². The molecule has 0 heterocycles. The Morgan fingerprint density at radius 2 is 1.37 bits per heavy atom. The summed E-state index contributed by atoms with van der Waals surface area (Å²) >= 11 is 0. The minimum Gasteiger partial charge on any atom is -0.410 e.